The van der Waals surface area contributed by atoms with Gasteiger partial charge in [0.2, 0.25) is 0 Å². The van der Waals surface area contributed by atoms with Gasteiger partial charge in [0.25, 0.3) is 5.88 Å². The third kappa shape index (κ3) is 2.56. The molecule has 1 aromatic carbocycles. The molecule has 0 atom stereocenters. The van der Waals surface area contributed by atoms with E-state index in [0.717, 1.165) is 6.42 Å². The predicted octanol–water partition coefficient (Wildman–Crippen LogP) is 2.66. The highest BCUT2D eigenvalue weighted by Gasteiger charge is 2.28. The molecule has 0 bridgehead atoms. The number of nitrogens with zero attached hydrogens (tertiary/aromatic N) is 3. The molecule has 106 valence electrons. The third-order valence-corrected chi connectivity index (χ3v) is 2.84. The first-order valence-corrected chi connectivity index (χ1v) is 6.27. The van der Waals surface area contributed by atoms with E-state index in [1.165, 1.54) is 4.68 Å². The second-order valence-corrected chi connectivity index (χ2v) is 4.37. The minimum Gasteiger partial charge on any atom is -0.432 e. The van der Waals surface area contributed by atoms with Crippen LogP contribution in [0.1, 0.15) is 19.0 Å². The number of nitrogens with two attached hydrogens (primary N) is 1. The van der Waals surface area contributed by atoms with Crippen LogP contribution in [0, 0.1) is 10.1 Å². The predicted molar refractivity (Wildman–Crippen MR) is 74.8 cm³/mol. The SMILES string of the molecule is CCCc1nn(C)c(Oc2ccccc2N)c1[N+](=O)[O-]. The Bertz CT molecular complexity index is 637. The van der Waals surface area contributed by atoms with Crippen LogP contribution in [-0.4, -0.2) is 14.7 Å². The molecule has 1 heterocycles. The van der Waals surface area contributed by atoms with E-state index >= 15 is 0 Å². The van der Waals surface area contributed by atoms with Gasteiger partial charge in [-0.1, -0.05) is 25.5 Å². The normalized spacial score (nSPS) is 10.5. The smallest absolute Gasteiger partial charge is 0.353 e. The summed E-state index contributed by atoms with van der Waals surface area (Å²) in [5.74, 6) is 0.470. The monoisotopic (exact) mass is 276 g/mol. The number of hydrogen-bond donors (Lipinski definition) is 1. The summed E-state index contributed by atoms with van der Waals surface area (Å²) in [6.45, 7) is 1.94. The molecular weight excluding hydrogens is 260 g/mol. The molecule has 7 heteroatoms. The van der Waals surface area contributed by atoms with Crippen molar-refractivity contribution in [3.63, 3.8) is 0 Å². The number of benzene rings is 1. The zero-order valence-corrected chi connectivity index (χ0v) is 11.4. The van der Waals surface area contributed by atoms with Gasteiger partial charge in [0, 0.05) is 7.05 Å². The van der Waals surface area contributed by atoms with Crippen molar-refractivity contribution in [2.75, 3.05) is 5.73 Å². The molecule has 2 N–H and O–H groups in total. The summed E-state index contributed by atoms with van der Waals surface area (Å²) in [5, 5.41) is 15.4. The van der Waals surface area contributed by atoms with Gasteiger partial charge in [-0.2, -0.15) is 5.10 Å². The number of rotatable bonds is 5. The van der Waals surface area contributed by atoms with Gasteiger partial charge in [-0.3, -0.25) is 10.1 Å². The lowest BCUT2D eigenvalue weighted by molar-refractivity contribution is -0.386. The Morgan fingerprint density at radius 3 is 2.75 bits per heavy atom. The summed E-state index contributed by atoms with van der Waals surface area (Å²) in [4.78, 5) is 10.8. The van der Waals surface area contributed by atoms with Crippen LogP contribution in [0.25, 0.3) is 0 Å². The van der Waals surface area contributed by atoms with Gasteiger partial charge in [-0.05, 0) is 18.6 Å². The van der Waals surface area contributed by atoms with E-state index in [-0.39, 0.29) is 11.6 Å². The van der Waals surface area contributed by atoms with E-state index in [2.05, 4.69) is 5.10 Å². The lowest BCUT2D eigenvalue weighted by atomic mass is 10.2. The second-order valence-electron chi connectivity index (χ2n) is 4.37. The van der Waals surface area contributed by atoms with Crippen LogP contribution in [0.15, 0.2) is 24.3 Å². The van der Waals surface area contributed by atoms with Crippen molar-refractivity contribution < 1.29 is 9.66 Å². The molecule has 0 saturated heterocycles. The molecule has 7 nitrogen and oxygen atoms in total. The van der Waals surface area contributed by atoms with Crippen molar-refractivity contribution in [3.8, 4) is 11.6 Å². The highest BCUT2D eigenvalue weighted by molar-refractivity contribution is 5.56. The van der Waals surface area contributed by atoms with Gasteiger partial charge in [-0.15, -0.1) is 0 Å². The standard InChI is InChI=1S/C13H16N4O3/c1-3-6-10-12(17(18)19)13(16(2)15-10)20-11-8-5-4-7-9(11)14/h4-5,7-8H,3,6,14H2,1-2H3. The lowest BCUT2D eigenvalue weighted by Crippen LogP contribution is -1.99. The first-order chi connectivity index (χ1) is 9.54. The Morgan fingerprint density at radius 2 is 2.15 bits per heavy atom. The van der Waals surface area contributed by atoms with Crippen LogP contribution in [0.3, 0.4) is 0 Å². The van der Waals surface area contributed by atoms with Gasteiger partial charge in [-0.25, -0.2) is 4.68 Å². The van der Waals surface area contributed by atoms with Gasteiger partial charge in [0.1, 0.15) is 5.69 Å². The van der Waals surface area contributed by atoms with Crippen molar-refractivity contribution in [2.45, 2.75) is 19.8 Å². The quantitative estimate of drug-likeness (QED) is 0.514. The molecule has 2 rings (SSSR count). The molecule has 0 aliphatic rings. The molecule has 0 aliphatic carbocycles. The number of nitro groups is 1. The molecule has 2 aromatic rings. The number of aryl methyl sites for hydroxylation is 2. The molecule has 0 spiro atoms. The maximum absolute atomic E-state index is 11.2. The summed E-state index contributed by atoms with van der Waals surface area (Å²) in [6.07, 6.45) is 1.29. The Labute approximate surface area is 116 Å². The molecule has 0 saturated carbocycles. The molecule has 0 unspecified atom stereocenters. The van der Waals surface area contributed by atoms with E-state index in [1.807, 2.05) is 6.92 Å². The molecule has 1 aromatic heterocycles. The Kier molecular flexibility index (Phi) is 3.88. The summed E-state index contributed by atoms with van der Waals surface area (Å²) < 4.78 is 6.96. The van der Waals surface area contributed by atoms with Crippen LogP contribution in [-0.2, 0) is 13.5 Å². The van der Waals surface area contributed by atoms with Crippen LogP contribution in [0.4, 0.5) is 11.4 Å². The molecule has 0 aliphatic heterocycles. The zero-order chi connectivity index (χ0) is 14.7. The Morgan fingerprint density at radius 1 is 1.45 bits per heavy atom. The zero-order valence-electron chi connectivity index (χ0n) is 11.4. The van der Waals surface area contributed by atoms with Gasteiger partial charge in [0.05, 0.1) is 10.6 Å². The topological polar surface area (TPSA) is 96.2 Å². The number of anilines is 1. The van der Waals surface area contributed by atoms with E-state index < -0.39 is 4.92 Å². The van der Waals surface area contributed by atoms with E-state index in [4.69, 9.17) is 10.5 Å². The molecule has 0 radical (unpaired) electrons. The van der Waals surface area contributed by atoms with E-state index in [0.29, 0.717) is 23.6 Å². The summed E-state index contributed by atoms with van der Waals surface area (Å²) >= 11 is 0. The number of nitrogen functional groups attached to an aromatic ring is 1. The summed E-state index contributed by atoms with van der Waals surface area (Å²) in [6, 6.07) is 6.85. The molecule has 20 heavy (non-hydrogen) atoms. The van der Waals surface area contributed by atoms with Crippen molar-refractivity contribution >= 4 is 11.4 Å². The summed E-state index contributed by atoms with van der Waals surface area (Å²) in [5.41, 5.74) is 6.52. The highest BCUT2D eigenvalue weighted by atomic mass is 16.6. The second kappa shape index (κ2) is 5.60. The fourth-order valence-corrected chi connectivity index (χ4v) is 1.93. The minimum atomic E-state index is -0.466. The molecular formula is C13H16N4O3. The van der Waals surface area contributed by atoms with Crippen LogP contribution >= 0.6 is 0 Å². The third-order valence-electron chi connectivity index (χ3n) is 2.84. The van der Waals surface area contributed by atoms with Crippen LogP contribution < -0.4 is 10.5 Å². The minimum absolute atomic E-state index is 0.0938. The highest BCUT2D eigenvalue weighted by Crippen LogP contribution is 2.36. The number of hydrogen-bond acceptors (Lipinski definition) is 5. The summed E-state index contributed by atoms with van der Waals surface area (Å²) in [7, 11) is 1.61. The van der Waals surface area contributed by atoms with Crippen molar-refractivity contribution in [1.82, 2.24) is 9.78 Å². The van der Waals surface area contributed by atoms with E-state index in [1.54, 1.807) is 31.3 Å². The largest absolute Gasteiger partial charge is 0.432 e. The average Bonchev–Trinajstić information content (AvgIpc) is 2.69. The Balaban J connectivity index is 2.46. The maximum atomic E-state index is 11.2. The molecule has 0 amide bonds. The van der Waals surface area contributed by atoms with Crippen LogP contribution in [0.5, 0.6) is 11.6 Å². The van der Waals surface area contributed by atoms with Crippen molar-refractivity contribution in [2.24, 2.45) is 7.05 Å². The number of ether oxygens (including phenoxy) is 1. The molecule has 0 fully saturated rings. The fraction of sp³-hybridized carbons (Fsp3) is 0.308. The first-order valence-electron chi connectivity index (χ1n) is 6.27. The number of para-hydroxylation sites is 2. The fourth-order valence-electron chi connectivity index (χ4n) is 1.93. The van der Waals surface area contributed by atoms with Gasteiger partial charge in [0.15, 0.2) is 5.75 Å². The van der Waals surface area contributed by atoms with Gasteiger partial charge >= 0.3 is 5.69 Å². The Hall–Kier alpha value is -2.57. The number of aromatic nitrogens is 2. The average molecular weight is 276 g/mol. The van der Waals surface area contributed by atoms with E-state index in [9.17, 15) is 10.1 Å². The van der Waals surface area contributed by atoms with Crippen molar-refractivity contribution in [1.29, 1.82) is 0 Å². The van der Waals surface area contributed by atoms with Gasteiger partial charge < -0.3 is 10.5 Å². The first kappa shape index (κ1) is 13.9. The lowest BCUT2D eigenvalue weighted by Gasteiger charge is -2.07. The maximum Gasteiger partial charge on any atom is 0.353 e. The van der Waals surface area contributed by atoms with Crippen molar-refractivity contribution in [3.05, 3.63) is 40.1 Å². The van der Waals surface area contributed by atoms with Crippen LogP contribution in [0.2, 0.25) is 0 Å².